The van der Waals surface area contributed by atoms with Gasteiger partial charge in [-0.2, -0.15) is 11.8 Å². The third-order valence-corrected chi connectivity index (χ3v) is 4.91. The molecular formula is C12H17NO5S2. The van der Waals surface area contributed by atoms with E-state index in [9.17, 15) is 13.2 Å². The highest BCUT2D eigenvalue weighted by molar-refractivity contribution is 7.99. The number of rotatable bonds is 9. The lowest BCUT2D eigenvalue weighted by atomic mass is 10.2. The molecule has 0 aliphatic carbocycles. The van der Waals surface area contributed by atoms with Crippen LogP contribution in [0, 0.1) is 0 Å². The first kappa shape index (κ1) is 17.0. The number of thioether (sulfide) groups is 1. The van der Waals surface area contributed by atoms with Crippen molar-refractivity contribution in [2.45, 2.75) is 11.3 Å². The second kappa shape index (κ2) is 8.25. The van der Waals surface area contributed by atoms with Crippen molar-refractivity contribution in [2.75, 3.05) is 24.7 Å². The maximum atomic E-state index is 11.9. The van der Waals surface area contributed by atoms with Gasteiger partial charge in [-0.05, 0) is 30.4 Å². The molecule has 6 nitrogen and oxygen atoms in total. The Morgan fingerprint density at radius 2 is 2.05 bits per heavy atom. The summed E-state index contributed by atoms with van der Waals surface area (Å²) in [6.45, 7) is 0.385. The van der Waals surface area contributed by atoms with Gasteiger partial charge in [-0.25, -0.2) is 17.9 Å². The average Bonchev–Trinajstić information content (AvgIpc) is 2.43. The molecule has 1 aromatic rings. The Balaban J connectivity index is 2.56. The summed E-state index contributed by atoms with van der Waals surface area (Å²) >= 11 is 1.54. The molecule has 0 bridgehead atoms. The third kappa shape index (κ3) is 5.49. The van der Waals surface area contributed by atoms with Gasteiger partial charge in [0.1, 0.15) is 0 Å². The smallest absolute Gasteiger partial charge is 0.335 e. The van der Waals surface area contributed by atoms with E-state index in [1.165, 1.54) is 18.2 Å². The summed E-state index contributed by atoms with van der Waals surface area (Å²) in [5, 5.41) is 17.4. The number of nitrogens with one attached hydrogen (secondary N) is 1. The maximum absolute atomic E-state index is 11.9. The largest absolute Gasteiger partial charge is 0.478 e. The molecule has 0 aliphatic heterocycles. The van der Waals surface area contributed by atoms with Crippen molar-refractivity contribution in [2.24, 2.45) is 0 Å². The number of aromatic carboxylic acids is 1. The van der Waals surface area contributed by atoms with Crippen molar-refractivity contribution >= 4 is 27.8 Å². The van der Waals surface area contributed by atoms with Crippen LogP contribution in [0.4, 0.5) is 0 Å². The quantitative estimate of drug-likeness (QED) is 0.581. The summed E-state index contributed by atoms with van der Waals surface area (Å²) in [5.41, 5.74) is -0.0646. The van der Waals surface area contributed by atoms with Crippen molar-refractivity contribution in [1.29, 1.82) is 0 Å². The topological polar surface area (TPSA) is 104 Å². The van der Waals surface area contributed by atoms with Gasteiger partial charge in [0.15, 0.2) is 0 Å². The molecule has 0 heterocycles. The first-order valence-corrected chi connectivity index (χ1v) is 8.63. The summed E-state index contributed by atoms with van der Waals surface area (Å²) in [5.74, 6) is 0.200. The van der Waals surface area contributed by atoms with E-state index >= 15 is 0 Å². The summed E-state index contributed by atoms with van der Waals surface area (Å²) in [6.07, 6.45) is 0.679. The molecule has 1 rings (SSSR count). The SMILES string of the molecule is O=C(O)c1cccc(S(=O)(=O)NCCSCCCO)c1. The molecule has 0 fully saturated rings. The zero-order valence-corrected chi connectivity index (χ0v) is 12.4. The van der Waals surface area contributed by atoms with Gasteiger partial charge in [-0.1, -0.05) is 6.07 Å². The number of hydrogen-bond donors (Lipinski definition) is 3. The Morgan fingerprint density at radius 3 is 2.70 bits per heavy atom. The molecule has 0 aliphatic rings. The van der Waals surface area contributed by atoms with Crippen LogP contribution in [-0.2, 0) is 10.0 Å². The van der Waals surface area contributed by atoms with E-state index in [1.807, 2.05) is 0 Å². The van der Waals surface area contributed by atoms with Crippen LogP contribution in [0.5, 0.6) is 0 Å². The predicted molar refractivity (Wildman–Crippen MR) is 77.6 cm³/mol. The average molecular weight is 319 g/mol. The summed E-state index contributed by atoms with van der Waals surface area (Å²) in [7, 11) is -3.69. The van der Waals surface area contributed by atoms with Crippen molar-refractivity contribution in [1.82, 2.24) is 4.72 Å². The predicted octanol–water partition coefficient (Wildman–Crippen LogP) is 0.779. The van der Waals surface area contributed by atoms with Gasteiger partial charge < -0.3 is 10.2 Å². The molecule has 0 unspecified atom stereocenters. The van der Waals surface area contributed by atoms with Crippen LogP contribution in [0.3, 0.4) is 0 Å². The second-order valence-electron chi connectivity index (χ2n) is 3.92. The van der Waals surface area contributed by atoms with Gasteiger partial charge in [0.2, 0.25) is 10.0 Å². The van der Waals surface area contributed by atoms with Crippen LogP contribution >= 0.6 is 11.8 Å². The number of aliphatic hydroxyl groups excluding tert-OH is 1. The van der Waals surface area contributed by atoms with E-state index in [4.69, 9.17) is 10.2 Å². The van der Waals surface area contributed by atoms with Crippen molar-refractivity contribution < 1.29 is 23.4 Å². The standard InChI is InChI=1S/C12H17NO5S2/c14-6-2-7-19-8-5-13-20(17,18)11-4-1-3-10(9-11)12(15)16/h1,3-4,9,13-14H,2,5-8H2,(H,15,16). The summed E-state index contributed by atoms with van der Waals surface area (Å²) < 4.78 is 26.3. The molecule has 0 aromatic heterocycles. The molecule has 3 N–H and O–H groups in total. The molecule has 0 radical (unpaired) electrons. The number of sulfonamides is 1. The monoisotopic (exact) mass is 319 g/mol. The Bertz CT molecular complexity index is 545. The minimum Gasteiger partial charge on any atom is -0.478 e. The van der Waals surface area contributed by atoms with E-state index in [-0.39, 0.29) is 23.6 Å². The van der Waals surface area contributed by atoms with Gasteiger partial charge in [-0.3, -0.25) is 0 Å². The van der Waals surface area contributed by atoms with Crippen LogP contribution in [-0.4, -0.2) is 49.3 Å². The second-order valence-corrected chi connectivity index (χ2v) is 6.91. The molecule has 0 saturated carbocycles. The first-order chi connectivity index (χ1) is 9.47. The third-order valence-electron chi connectivity index (χ3n) is 2.38. The number of carboxylic acids is 1. The fraction of sp³-hybridized carbons (Fsp3) is 0.417. The zero-order chi connectivity index (χ0) is 15.0. The zero-order valence-electron chi connectivity index (χ0n) is 10.8. The normalized spacial score (nSPS) is 11.4. The highest BCUT2D eigenvalue weighted by Crippen LogP contribution is 2.11. The molecule has 20 heavy (non-hydrogen) atoms. The van der Waals surface area contributed by atoms with Crippen LogP contribution in [0.2, 0.25) is 0 Å². The summed E-state index contributed by atoms with van der Waals surface area (Å²) in [6, 6.07) is 5.22. The van der Waals surface area contributed by atoms with Crippen LogP contribution in [0.1, 0.15) is 16.8 Å². The van der Waals surface area contributed by atoms with E-state index in [0.717, 1.165) is 11.8 Å². The van der Waals surface area contributed by atoms with Crippen LogP contribution < -0.4 is 4.72 Å². The molecule has 8 heteroatoms. The van der Waals surface area contributed by atoms with Gasteiger partial charge in [-0.15, -0.1) is 0 Å². The number of hydrogen-bond acceptors (Lipinski definition) is 5. The van der Waals surface area contributed by atoms with E-state index < -0.39 is 16.0 Å². The van der Waals surface area contributed by atoms with Crippen molar-refractivity contribution in [3.05, 3.63) is 29.8 Å². The van der Waals surface area contributed by atoms with Gasteiger partial charge in [0.25, 0.3) is 0 Å². The Labute approximate surface area is 122 Å². The first-order valence-electron chi connectivity index (χ1n) is 5.99. The maximum Gasteiger partial charge on any atom is 0.335 e. The molecule has 1 aromatic carbocycles. The molecule has 0 amide bonds. The molecular weight excluding hydrogens is 302 g/mol. The van der Waals surface area contributed by atoms with Crippen LogP contribution in [0.25, 0.3) is 0 Å². The number of carbonyl (C=O) groups is 1. The van der Waals surface area contributed by atoms with Crippen molar-refractivity contribution in [3.63, 3.8) is 0 Å². The fourth-order valence-electron chi connectivity index (χ4n) is 1.40. The lowest BCUT2D eigenvalue weighted by Crippen LogP contribution is -2.26. The van der Waals surface area contributed by atoms with Crippen LogP contribution in [0.15, 0.2) is 29.2 Å². The number of carboxylic acid groups (broad SMARTS) is 1. The van der Waals surface area contributed by atoms with E-state index in [2.05, 4.69) is 4.72 Å². The molecule has 0 spiro atoms. The lowest BCUT2D eigenvalue weighted by Gasteiger charge is -2.07. The van der Waals surface area contributed by atoms with Crippen molar-refractivity contribution in [3.8, 4) is 0 Å². The Morgan fingerprint density at radius 1 is 1.30 bits per heavy atom. The molecule has 0 atom stereocenters. The molecule has 0 saturated heterocycles. The van der Waals surface area contributed by atoms with Gasteiger partial charge >= 0.3 is 5.97 Å². The lowest BCUT2D eigenvalue weighted by molar-refractivity contribution is 0.0696. The Kier molecular flexibility index (Phi) is 7.00. The summed E-state index contributed by atoms with van der Waals surface area (Å²) in [4.78, 5) is 10.7. The van der Waals surface area contributed by atoms with Gasteiger partial charge in [0, 0.05) is 18.9 Å². The fourth-order valence-corrected chi connectivity index (χ4v) is 3.39. The highest BCUT2D eigenvalue weighted by Gasteiger charge is 2.15. The van der Waals surface area contributed by atoms with E-state index in [0.29, 0.717) is 12.2 Å². The molecule has 112 valence electrons. The minimum atomic E-state index is -3.69. The van der Waals surface area contributed by atoms with E-state index in [1.54, 1.807) is 11.8 Å². The Hall–Kier alpha value is -1.09. The minimum absolute atomic E-state index is 0.0576. The van der Waals surface area contributed by atoms with Gasteiger partial charge in [0.05, 0.1) is 10.5 Å². The highest BCUT2D eigenvalue weighted by atomic mass is 32.2. The number of benzene rings is 1. The number of aliphatic hydroxyl groups is 1.